The molecule has 0 amide bonds. The van der Waals surface area contributed by atoms with Crippen molar-refractivity contribution >= 4 is 17.0 Å². The van der Waals surface area contributed by atoms with Crippen molar-refractivity contribution in [2.24, 2.45) is 0 Å². The number of nitrogens with zero attached hydrogens (tertiary/aromatic N) is 4. The Morgan fingerprint density at radius 1 is 1.50 bits per heavy atom. The SMILES string of the molecule is CC(CO)n1cnc2c(N)ncnc21. The number of aliphatic hydroxyl groups excluding tert-OH is 1. The minimum absolute atomic E-state index is 0.0371. The molecule has 0 saturated carbocycles. The van der Waals surface area contributed by atoms with Crippen molar-refractivity contribution < 1.29 is 5.11 Å². The molecule has 1 unspecified atom stereocenters. The topological polar surface area (TPSA) is 89.8 Å². The second-order valence-corrected chi connectivity index (χ2v) is 3.11. The number of nitrogen functional groups attached to an aromatic ring is 1. The molecule has 0 radical (unpaired) electrons. The fourth-order valence-corrected chi connectivity index (χ4v) is 1.28. The van der Waals surface area contributed by atoms with E-state index in [1.165, 1.54) is 6.33 Å². The number of fused-ring (bicyclic) bond motifs is 1. The molecule has 0 spiro atoms. The summed E-state index contributed by atoms with van der Waals surface area (Å²) in [5.41, 5.74) is 6.85. The van der Waals surface area contributed by atoms with Gasteiger partial charge in [0.05, 0.1) is 19.0 Å². The summed E-state index contributed by atoms with van der Waals surface area (Å²) in [6.45, 7) is 1.91. The van der Waals surface area contributed by atoms with Gasteiger partial charge in [0.2, 0.25) is 0 Å². The van der Waals surface area contributed by atoms with Crippen LogP contribution in [0.3, 0.4) is 0 Å². The minimum Gasteiger partial charge on any atom is -0.394 e. The Kier molecular flexibility index (Phi) is 2.05. The van der Waals surface area contributed by atoms with Gasteiger partial charge in [0.25, 0.3) is 0 Å². The first-order chi connectivity index (χ1) is 6.74. The molecule has 3 N–H and O–H groups in total. The zero-order chi connectivity index (χ0) is 10.1. The highest BCUT2D eigenvalue weighted by molar-refractivity contribution is 5.81. The quantitative estimate of drug-likeness (QED) is 0.698. The van der Waals surface area contributed by atoms with Crippen molar-refractivity contribution in [3.05, 3.63) is 12.7 Å². The predicted molar refractivity (Wildman–Crippen MR) is 51.5 cm³/mol. The van der Waals surface area contributed by atoms with Crippen molar-refractivity contribution in [1.82, 2.24) is 19.5 Å². The Morgan fingerprint density at radius 2 is 2.29 bits per heavy atom. The molecule has 2 aromatic heterocycles. The van der Waals surface area contributed by atoms with E-state index in [0.717, 1.165) is 0 Å². The van der Waals surface area contributed by atoms with E-state index in [-0.39, 0.29) is 12.6 Å². The van der Waals surface area contributed by atoms with Gasteiger partial charge in [0.1, 0.15) is 11.8 Å². The monoisotopic (exact) mass is 193 g/mol. The number of rotatable bonds is 2. The van der Waals surface area contributed by atoms with Crippen molar-refractivity contribution in [3.8, 4) is 0 Å². The summed E-state index contributed by atoms with van der Waals surface area (Å²) in [6, 6.07) is -0.0608. The summed E-state index contributed by atoms with van der Waals surface area (Å²) in [5.74, 6) is 0.360. The normalized spacial score (nSPS) is 13.3. The van der Waals surface area contributed by atoms with E-state index in [4.69, 9.17) is 10.8 Å². The largest absolute Gasteiger partial charge is 0.394 e. The standard InChI is InChI=1S/C8H11N5O/c1-5(2-14)13-4-12-6-7(9)10-3-11-8(6)13/h3-5,14H,2H2,1H3,(H2,9,10,11). The summed E-state index contributed by atoms with van der Waals surface area (Å²) in [5, 5.41) is 9.01. The lowest BCUT2D eigenvalue weighted by molar-refractivity contribution is 0.241. The zero-order valence-electron chi connectivity index (χ0n) is 7.75. The molecule has 0 aromatic carbocycles. The molecule has 2 rings (SSSR count). The van der Waals surface area contributed by atoms with Gasteiger partial charge in [-0.3, -0.25) is 0 Å². The van der Waals surface area contributed by atoms with Crippen molar-refractivity contribution in [2.75, 3.05) is 12.3 Å². The maximum atomic E-state index is 9.01. The second kappa shape index (κ2) is 3.22. The lowest BCUT2D eigenvalue weighted by Crippen LogP contribution is -2.08. The average Bonchev–Trinajstić information content (AvgIpc) is 2.62. The maximum absolute atomic E-state index is 9.01. The number of imidazole rings is 1. The molecule has 14 heavy (non-hydrogen) atoms. The molecule has 0 aliphatic carbocycles. The highest BCUT2D eigenvalue weighted by Gasteiger charge is 2.11. The molecule has 2 heterocycles. The first-order valence-corrected chi connectivity index (χ1v) is 4.28. The van der Waals surface area contributed by atoms with Crippen LogP contribution in [0.4, 0.5) is 5.82 Å². The summed E-state index contributed by atoms with van der Waals surface area (Å²) >= 11 is 0. The van der Waals surface area contributed by atoms with Crippen LogP contribution in [0.5, 0.6) is 0 Å². The summed E-state index contributed by atoms with van der Waals surface area (Å²) in [6.07, 6.45) is 3.00. The summed E-state index contributed by atoms with van der Waals surface area (Å²) < 4.78 is 1.77. The molecule has 0 aliphatic heterocycles. The molecule has 0 saturated heterocycles. The van der Waals surface area contributed by atoms with Gasteiger partial charge in [-0.15, -0.1) is 0 Å². The smallest absolute Gasteiger partial charge is 0.165 e. The third-order valence-electron chi connectivity index (χ3n) is 2.13. The molecule has 6 nitrogen and oxygen atoms in total. The first-order valence-electron chi connectivity index (χ1n) is 4.28. The van der Waals surface area contributed by atoms with Gasteiger partial charge in [0, 0.05) is 0 Å². The van der Waals surface area contributed by atoms with E-state index in [2.05, 4.69) is 15.0 Å². The van der Waals surface area contributed by atoms with Crippen LogP contribution in [0.1, 0.15) is 13.0 Å². The van der Waals surface area contributed by atoms with Crippen LogP contribution in [0.25, 0.3) is 11.2 Å². The van der Waals surface area contributed by atoms with Gasteiger partial charge in [-0.1, -0.05) is 0 Å². The van der Waals surface area contributed by atoms with E-state index in [0.29, 0.717) is 17.0 Å². The van der Waals surface area contributed by atoms with E-state index in [1.54, 1.807) is 10.9 Å². The number of anilines is 1. The third kappa shape index (κ3) is 1.20. The van der Waals surface area contributed by atoms with Gasteiger partial charge in [-0.2, -0.15) is 0 Å². The number of hydrogen-bond acceptors (Lipinski definition) is 5. The Balaban J connectivity index is 2.63. The number of aromatic nitrogens is 4. The lowest BCUT2D eigenvalue weighted by Gasteiger charge is -2.09. The highest BCUT2D eigenvalue weighted by atomic mass is 16.3. The van der Waals surface area contributed by atoms with E-state index >= 15 is 0 Å². The Bertz CT molecular complexity index is 452. The number of nitrogens with two attached hydrogens (primary N) is 1. The summed E-state index contributed by atoms with van der Waals surface area (Å²) in [4.78, 5) is 12.0. The third-order valence-corrected chi connectivity index (χ3v) is 2.13. The minimum atomic E-state index is -0.0608. The molecule has 0 bridgehead atoms. The Labute approximate surface area is 80.4 Å². The number of hydrogen-bond donors (Lipinski definition) is 2. The van der Waals surface area contributed by atoms with Crippen LogP contribution in [-0.2, 0) is 0 Å². The second-order valence-electron chi connectivity index (χ2n) is 3.11. The predicted octanol–water partition coefficient (Wildman–Crippen LogP) is -0.0382. The fourth-order valence-electron chi connectivity index (χ4n) is 1.28. The van der Waals surface area contributed by atoms with Crippen LogP contribution < -0.4 is 5.73 Å². The van der Waals surface area contributed by atoms with Crippen LogP contribution in [0, 0.1) is 0 Å². The van der Waals surface area contributed by atoms with Crippen LogP contribution in [0.2, 0.25) is 0 Å². The first kappa shape index (κ1) is 8.89. The van der Waals surface area contributed by atoms with E-state index in [1.807, 2.05) is 6.92 Å². The molecule has 1 atom stereocenters. The zero-order valence-corrected chi connectivity index (χ0v) is 7.75. The van der Waals surface area contributed by atoms with Gasteiger partial charge in [0.15, 0.2) is 11.5 Å². The van der Waals surface area contributed by atoms with Gasteiger partial charge in [-0.05, 0) is 6.92 Å². The maximum Gasteiger partial charge on any atom is 0.165 e. The van der Waals surface area contributed by atoms with Crippen molar-refractivity contribution in [2.45, 2.75) is 13.0 Å². The Hall–Kier alpha value is -1.69. The van der Waals surface area contributed by atoms with Crippen LogP contribution in [-0.4, -0.2) is 31.2 Å². The Morgan fingerprint density at radius 3 is 3.00 bits per heavy atom. The fraction of sp³-hybridized carbons (Fsp3) is 0.375. The molecule has 6 heteroatoms. The highest BCUT2D eigenvalue weighted by Crippen LogP contribution is 2.17. The molecule has 74 valence electrons. The van der Waals surface area contributed by atoms with Gasteiger partial charge < -0.3 is 15.4 Å². The molecular formula is C8H11N5O. The molecular weight excluding hydrogens is 182 g/mol. The average molecular weight is 193 g/mol. The summed E-state index contributed by atoms with van der Waals surface area (Å²) in [7, 11) is 0. The van der Waals surface area contributed by atoms with Gasteiger partial charge in [-0.25, -0.2) is 15.0 Å². The van der Waals surface area contributed by atoms with Crippen LogP contribution >= 0.6 is 0 Å². The van der Waals surface area contributed by atoms with Gasteiger partial charge >= 0.3 is 0 Å². The van der Waals surface area contributed by atoms with Crippen molar-refractivity contribution in [1.29, 1.82) is 0 Å². The van der Waals surface area contributed by atoms with Crippen LogP contribution in [0.15, 0.2) is 12.7 Å². The molecule has 0 fully saturated rings. The number of aliphatic hydroxyl groups is 1. The van der Waals surface area contributed by atoms with Crippen molar-refractivity contribution in [3.63, 3.8) is 0 Å². The lowest BCUT2D eigenvalue weighted by atomic mass is 10.3. The van der Waals surface area contributed by atoms with E-state index in [9.17, 15) is 0 Å². The molecule has 2 aromatic rings. The molecule has 0 aliphatic rings. The van der Waals surface area contributed by atoms with E-state index < -0.39 is 0 Å².